The van der Waals surface area contributed by atoms with Gasteiger partial charge in [-0.1, -0.05) is 24.3 Å². The van der Waals surface area contributed by atoms with Gasteiger partial charge in [-0.25, -0.2) is 8.42 Å². The highest BCUT2D eigenvalue weighted by atomic mass is 32.2. The molecule has 6 nitrogen and oxygen atoms in total. The van der Waals surface area contributed by atoms with E-state index in [0.717, 1.165) is 5.75 Å². The van der Waals surface area contributed by atoms with Crippen molar-refractivity contribution in [3.05, 3.63) is 54.6 Å². The van der Waals surface area contributed by atoms with Gasteiger partial charge in [0.2, 0.25) is 0 Å². The number of rotatable bonds is 6. The monoisotopic (exact) mass is 361 g/mol. The van der Waals surface area contributed by atoms with E-state index in [1.54, 1.807) is 19.9 Å². The third-order valence-corrected chi connectivity index (χ3v) is 5.86. The van der Waals surface area contributed by atoms with E-state index in [1.165, 1.54) is 6.26 Å². The molecule has 2 aromatic carbocycles. The van der Waals surface area contributed by atoms with E-state index in [9.17, 15) is 8.42 Å². The minimum atomic E-state index is -3.22. The Bertz CT molecular complexity index is 847. The standard InChI is InChI=1S/C18H23N3O3S/c1-18(2,25(3,22)23)13-20-17(19)21-14-8-7-11-16(12-14)24-15-9-5-4-6-10-15/h4-12H,13H2,1-3H3,(H3,19,20,21). The van der Waals surface area contributed by atoms with E-state index < -0.39 is 14.6 Å². The number of hydrogen-bond donors (Lipinski definition) is 2. The summed E-state index contributed by atoms with van der Waals surface area (Å²) in [5.74, 6) is 1.53. The second kappa shape index (κ2) is 7.57. The second-order valence-corrected chi connectivity index (χ2v) is 8.95. The molecule has 0 fully saturated rings. The zero-order valence-electron chi connectivity index (χ0n) is 14.6. The molecule has 0 atom stereocenters. The third kappa shape index (κ3) is 5.49. The zero-order valence-corrected chi connectivity index (χ0v) is 15.4. The summed E-state index contributed by atoms with van der Waals surface area (Å²) in [6.07, 6.45) is 1.19. The number of nitrogens with two attached hydrogens (primary N) is 1. The molecule has 0 amide bonds. The van der Waals surface area contributed by atoms with Gasteiger partial charge in [0.25, 0.3) is 0 Å². The predicted octanol–water partition coefficient (Wildman–Crippen LogP) is 3.03. The van der Waals surface area contributed by atoms with Gasteiger partial charge in [0, 0.05) is 18.0 Å². The molecule has 0 saturated carbocycles. The maximum atomic E-state index is 11.7. The van der Waals surface area contributed by atoms with E-state index >= 15 is 0 Å². The van der Waals surface area contributed by atoms with E-state index in [0.29, 0.717) is 11.4 Å². The maximum Gasteiger partial charge on any atom is 0.193 e. The largest absolute Gasteiger partial charge is 0.457 e. The SMILES string of the molecule is CC(C)(CN=C(N)Nc1cccc(Oc2ccccc2)c1)S(C)(=O)=O. The van der Waals surface area contributed by atoms with Crippen LogP contribution in [0.5, 0.6) is 11.5 Å². The molecule has 0 unspecified atom stereocenters. The summed E-state index contributed by atoms with van der Waals surface area (Å²) in [5.41, 5.74) is 6.56. The van der Waals surface area contributed by atoms with Crippen molar-refractivity contribution >= 4 is 21.5 Å². The number of benzene rings is 2. The van der Waals surface area contributed by atoms with Crippen molar-refractivity contribution in [2.75, 3.05) is 18.1 Å². The number of aliphatic imine (C=N–C) groups is 1. The highest BCUT2D eigenvalue weighted by Gasteiger charge is 2.29. The Morgan fingerprint density at radius 3 is 2.40 bits per heavy atom. The number of nitrogens with zero attached hydrogens (tertiary/aromatic N) is 1. The fraction of sp³-hybridized carbons (Fsp3) is 0.278. The van der Waals surface area contributed by atoms with E-state index in [4.69, 9.17) is 10.5 Å². The quantitative estimate of drug-likeness (QED) is 0.609. The third-order valence-electron chi connectivity index (χ3n) is 3.72. The molecule has 3 N–H and O–H groups in total. The van der Waals surface area contributed by atoms with E-state index in [1.807, 2.05) is 48.5 Å². The average Bonchev–Trinajstić information content (AvgIpc) is 2.53. The summed E-state index contributed by atoms with van der Waals surface area (Å²) in [6, 6.07) is 16.7. The fourth-order valence-corrected chi connectivity index (χ4v) is 2.14. The van der Waals surface area contributed by atoms with Gasteiger partial charge in [0.05, 0.1) is 11.3 Å². The van der Waals surface area contributed by atoms with Crippen LogP contribution in [0.1, 0.15) is 13.8 Å². The first-order valence-corrected chi connectivity index (χ1v) is 9.66. The molecule has 0 bridgehead atoms. The maximum absolute atomic E-state index is 11.7. The van der Waals surface area contributed by atoms with Crippen LogP contribution in [-0.2, 0) is 9.84 Å². The Morgan fingerprint density at radius 2 is 1.76 bits per heavy atom. The molecule has 7 heteroatoms. The Balaban J connectivity index is 2.05. The summed E-state index contributed by atoms with van der Waals surface area (Å²) in [6.45, 7) is 3.31. The van der Waals surface area contributed by atoms with E-state index in [-0.39, 0.29) is 12.5 Å². The van der Waals surface area contributed by atoms with Gasteiger partial charge < -0.3 is 15.8 Å². The van der Waals surface area contributed by atoms with Gasteiger partial charge in [-0.3, -0.25) is 4.99 Å². The van der Waals surface area contributed by atoms with Crippen molar-refractivity contribution in [3.63, 3.8) is 0 Å². The number of hydrogen-bond acceptors (Lipinski definition) is 4. The molecular weight excluding hydrogens is 338 g/mol. The van der Waals surface area contributed by atoms with Gasteiger partial charge in [0.1, 0.15) is 11.5 Å². The molecular formula is C18H23N3O3S. The first kappa shape index (κ1) is 18.8. The number of anilines is 1. The smallest absolute Gasteiger partial charge is 0.193 e. The second-order valence-electron chi connectivity index (χ2n) is 6.30. The first-order valence-electron chi connectivity index (χ1n) is 7.77. The first-order chi connectivity index (χ1) is 11.7. The van der Waals surface area contributed by atoms with Gasteiger partial charge in [-0.15, -0.1) is 0 Å². The molecule has 0 aliphatic rings. The van der Waals surface area contributed by atoms with Crippen LogP contribution in [0.15, 0.2) is 59.6 Å². The topological polar surface area (TPSA) is 93.8 Å². The summed E-state index contributed by atoms with van der Waals surface area (Å²) in [5, 5.41) is 2.95. The zero-order chi connectivity index (χ0) is 18.5. The molecule has 0 aliphatic heterocycles. The van der Waals surface area contributed by atoms with Crippen LogP contribution in [0.25, 0.3) is 0 Å². The fourth-order valence-electron chi connectivity index (χ4n) is 1.84. The highest BCUT2D eigenvalue weighted by molar-refractivity contribution is 7.92. The molecule has 134 valence electrons. The summed E-state index contributed by atoms with van der Waals surface area (Å²) in [7, 11) is -3.22. The highest BCUT2D eigenvalue weighted by Crippen LogP contribution is 2.23. The van der Waals surface area contributed by atoms with Gasteiger partial charge in [-0.2, -0.15) is 0 Å². The summed E-state index contributed by atoms with van der Waals surface area (Å²) >= 11 is 0. The molecule has 0 saturated heterocycles. The molecule has 2 rings (SSSR count). The molecule has 25 heavy (non-hydrogen) atoms. The number of ether oxygens (including phenoxy) is 1. The summed E-state index contributed by atoms with van der Waals surface area (Å²) in [4.78, 5) is 4.13. The van der Waals surface area contributed by atoms with Crippen LogP contribution in [0.2, 0.25) is 0 Å². The van der Waals surface area contributed by atoms with Gasteiger partial charge in [-0.05, 0) is 38.1 Å². The van der Waals surface area contributed by atoms with Crippen LogP contribution >= 0.6 is 0 Å². The van der Waals surface area contributed by atoms with Crippen molar-refractivity contribution in [1.82, 2.24) is 0 Å². The molecule has 0 heterocycles. The number of sulfone groups is 1. The molecule has 0 aliphatic carbocycles. The Labute approximate surface area is 148 Å². The Hall–Kier alpha value is -2.54. The van der Waals surface area contributed by atoms with Crippen molar-refractivity contribution < 1.29 is 13.2 Å². The van der Waals surface area contributed by atoms with Crippen LogP contribution < -0.4 is 15.8 Å². The number of nitrogens with one attached hydrogen (secondary N) is 1. The minimum Gasteiger partial charge on any atom is -0.457 e. The van der Waals surface area contributed by atoms with Gasteiger partial charge in [0.15, 0.2) is 15.8 Å². The van der Waals surface area contributed by atoms with Crippen molar-refractivity contribution in [1.29, 1.82) is 0 Å². The molecule has 0 radical (unpaired) electrons. The van der Waals surface area contributed by atoms with E-state index in [2.05, 4.69) is 10.3 Å². The Kier molecular flexibility index (Phi) is 5.69. The molecule has 0 aromatic heterocycles. The minimum absolute atomic E-state index is 0.0743. The molecule has 2 aromatic rings. The molecule has 0 spiro atoms. The van der Waals surface area contributed by atoms with Gasteiger partial charge >= 0.3 is 0 Å². The van der Waals surface area contributed by atoms with Crippen LogP contribution in [0, 0.1) is 0 Å². The lowest BCUT2D eigenvalue weighted by Gasteiger charge is -2.20. The average molecular weight is 361 g/mol. The van der Waals surface area contributed by atoms with Crippen LogP contribution in [0.3, 0.4) is 0 Å². The van der Waals surface area contributed by atoms with Crippen LogP contribution in [0.4, 0.5) is 5.69 Å². The lowest BCUT2D eigenvalue weighted by Crippen LogP contribution is -2.36. The van der Waals surface area contributed by atoms with Crippen LogP contribution in [-0.4, -0.2) is 31.9 Å². The predicted molar refractivity (Wildman–Crippen MR) is 102 cm³/mol. The summed E-state index contributed by atoms with van der Waals surface area (Å²) < 4.78 is 28.2. The normalized spacial score (nSPS) is 12.7. The number of para-hydroxylation sites is 1. The number of guanidine groups is 1. The van der Waals surface area contributed by atoms with Crippen molar-refractivity contribution in [2.45, 2.75) is 18.6 Å². The lowest BCUT2D eigenvalue weighted by atomic mass is 10.2. The Morgan fingerprint density at radius 1 is 1.12 bits per heavy atom. The lowest BCUT2D eigenvalue weighted by molar-refractivity contribution is 0.483. The van der Waals surface area contributed by atoms with Crippen molar-refractivity contribution in [2.24, 2.45) is 10.7 Å². The van der Waals surface area contributed by atoms with Crippen molar-refractivity contribution in [3.8, 4) is 11.5 Å².